The van der Waals surface area contributed by atoms with Crippen molar-refractivity contribution in [1.82, 2.24) is 9.55 Å². The number of nitrogens with zero attached hydrogens (tertiary/aromatic N) is 2. The van der Waals surface area contributed by atoms with Crippen LogP contribution >= 0.6 is 0 Å². The number of amides is 1. The third-order valence-corrected chi connectivity index (χ3v) is 3.97. The Kier molecular flexibility index (Phi) is 4.10. The second-order valence-electron chi connectivity index (χ2n) is 5.56. The van der Waals surface area contributed by atoms with Gasteiger partial charge in [0.1, 0.15) is 11.6 Å². The van der Waals surface area contributed by atoms with Gasteiger partial charge in [-0.25, -0.2) is 9.37 Å². The highest BCUT2D eigenvalue weighted by Crippen LogP contribution is 2.19. The minimum atomic E-state index is -0.273. The number of imidazole rings is 1. The van der Waals surface area contributed by atoms with Crippen molar-refractivity contribution in [2.75, 3.05) is 5.32 Å². The van der Waals surface area contributed by atoms with Gasteiger partial charge in [-0.2, -0.15) is 0 Å². The summed E-state index contributed by atoms with van der Waals surface area (Å²) in [7, 11) is 1.96. The van der Waals surface area contributed by atoms with Gasteiger partial charge < -0.3 is 9.88 Å². The topological polar surface area (TPSA) is 46.9 Å². The number of fused-ring (bicyclic) bond motifs is 1. The fourth-order valence-electron chi connectivity index (χ4n) is 2.57. The first kappa shape index (κ1) is 15.2. The van der Waals surface area contributed by atoms with Gasteiger partial charge in [0.25, 0.3) is 0 Å². The molecule has 1 aromatic heterocycles. The first-order valence-electron chi connectivity index (χ1n) is 7.51. The molecular formula is C18H18FN3O. The molecule has 0 fully saturated rings. The Morgan fingerprint density at radius 2 is 2.04 bits per heavy atom. The number of anilines is 1. The van der Waals surface area contributed by atoms with E-state index in [-0.39, 0.29) is 18.1 Å². The summed E-state index contributed by atoms with van der Waals surface area (Å²) in [4.78, 5) is 16.5. The van der Waals surface area contributed by atoms with Gasteiger partial charge in [-0.3, -0.25) is 4.79 Å². The molecule has 118 valence electrons. The second-order valence-corrected chi connectivity index (χ2v) is 5.56. The zero-order valence-electron chi connectivity index (χ0n) is 13.1. The van der Waals surface area contributed by atoms with E-state index in [2.05, 4.69) is 10.3 Å². The van der Waals surface area contributed by atoms with Crippen LogP contribution in [0.1, 0.15) is 17.8 Å². The van der Waals surface area contributed by atoms with E-state index in [1.54, 1.807) is 18.2 Å². The van der Waals surface area contributed by atoms with Crippen molar-refractivity contribution in [3.8, 4) is 0 Å². The van der Waals surface area contributed by atoms with Crippen molar-refractivity contribution in [3.63, 3.8) is 0 Å². The van der Waals surface area contributed by atoms with Crippen molar-refractivity contribution in [2.24, 2.45) is 7.05 Å². The highest BCUT2D eigenvalue weighted by molar-refractivity contribution is 5.93. The number of nitrogens with one attached hydrogen (secondary N) is 1. The molecule has 0 saturated carbocycles. The number of benzene rings is 2. The molecule has 0 saturated heterocycles. The summed E-state index contributed by atoms with van der Waals surface area (Å²) in [6.45, 7) is 1.94. The van der Waals surface area contributed by atoms with Gasteiger partial charge in [0, 0.05) is 19.2 Å². The molecule has 0 aliphatic rings. The Hall–Kier alpha value is -2.69. The fraction of sp³-hybridized carbons (Fsp3) is 0.222. The largest absolute Gasteiger partial charge is 0.331 e. The number of carbonyl (C=O) groups excluding carboxylic acids is 1. The van der Waals surface area contributed by atoms with Crippen molar-refractivity contribution in [3.05, 3.63) is 59.7 Å². The zero-order valence-corrected chi connectivity index (χ0v) is 13.1. The highest BCUT2D eigenvalue weighted by atomic mass is 19.1. The molecule has 1 amide bonds. The lowest BCUT2D eigenvalue weighted by molar-refractivity contribution is -0.116. The molecular weight excluding hydrogens is 293 g/mol. The molecule has 5 heteroatoms. The molecule has 0 aliphatic heterocycles. The monoisotopic (exact) mass is 311 g/mol. The molecule has 4 nitrogen and oxygen atoms in total. The van der Waals surface area contributed by atoms with Crippen LogP contribution in [0.3, 0.4) is 0 Å². The standard InChI is InChI=1S/C18H18FN3O/c1-12-20-16-11-14(8-9-17(16)22(12)2)21-18(23)10-7-13-5-3-4-6-15(13)19/h3-6,8-9,11H,7,10H2,1-2H3,(H,21,23). The number of aromatic nitrogens is 2. The van der Waals surface area contributed by atoms with Crippen LogP contribution in [0.25, 0.3) is 11.0 Å². The highest BCUT2D eigenvalue weighted by Gasteiger charge is 2.08. The van der Waals surface area contributed by atoms with Crippen LogP contribution in [0.4, 0.5) is 10.1 Å². The van der Waals surface area contributed by atoms with E-state index < -0.39 is 0 Å². The summed E-state index contributed by atoms with van der Waals surface area (Å²) < 4.78 is 15.5. The molecule has 0 unspecified atom stereocenters. The fourth-order valence-corrected chi connectivity index (χ4v) is 2.57. The summed E-state index contributed by atoms with van der Waals surface area (Å²) in [6.07, 6.45) is 0.615. The van der Waals surface area contributed by atoms with E-state index in [1.165, 1.54) is 6.07 Å². The smallest absolute Gasteiger partial charge is 0.224 e. The first-order chi connectivity index (χ1) is 11.0. The summed E-state index contributed by atoms with van der Waals surface area (Å²) >= 11 is 0. The number of carbonyl (C=O) groups is 1. The van der Waals surface area contributed by atoms with Gasteiger partial charge in [-0.15, -0.1) is 0 Å². The summed E-state index contributed by atoms with van der Waals surface area (Å²) in [5, 5.41) is 2.84. The molecule has 3 aromatic rings. The first-order valence-corrected chi connectivity index (χ1v) is 7.51. The Labute approximate surface area is 134 Å². The molecule has 0 radical (unpaired) electrons. The van der Waals surface area contributed by atoms with Gasteiger partial charge in [0.2, 0.25) is 5.91 Å². The van der Waals surface area contributed by atoms with Gasteiger partial charge in [0.05, 0.1) is 11.0 Å². The summed E-state index contributed by atoms with van der Waals surface area (Å²) in [6, 6.07) is 12.2. The number of hydrogen-bond donors (Lipinski definition) is 1. The van der Waals surface area contributed by atoms with Crippen LogP contribution in [0.2, 0.25) is 0 Å². The quantitative estimate of drug-likeness (QED) is 0.800. The third kappa shape index (κ3) is 3.23. The van der Waals surface area contributed by atoms with Crippen LogP contribution in [-0.4, -0.2) is 15.5 Å². The van der Waals surface area contributed by atoms with Crippen LogP contribution in [0.15, 0.2) is 42.5 Å². The molecule has 1 N–H and O–H groups in total. The van der Waals surface area contributed by atoms with Gasteiger partial charge in [-0.1, -0.05) is 18.2 Å². The molecule has 0 bridgehead atoms. The lowest BCUT2D eigenvalue weighted by Gasteiger charge is -2.06. The third-order valence-electron chi connectivity index (χ3n) is 3.97. The van der Waals surface area contributed by atoms with Crippen LogP contribution in [-0.2, 0) is 18.3 Å². The van der Waals surface area contributed by atoms with Crippen LogP contribution in [0, 0.1) is 12.7 Å². The molecule has 0 atom stereocenters. The normalized spacial score (nSPS) is 10.9. The van der Waals surface area contributed by atoms with Crippen molar-refractivity contribution in [1.29, 1.82) is 0 Å². The van der Waals surface area contributed by atoms with E-state index in [4.69, 9.17) is 0 Å². The summed E-state index contributed by atoms with van der Waals surface area (Å²) in [5.41, 5.74) is 3.12. The maximum Gasteiger partial charge on any atom is 0.224 e. The summed E-state index contributed by atoms with van der Waals surface area (Å²) in [5.74, 6) is 0.508. The van der Waals surface area contributed by atoms with E-state index in [1.807, 2.05) is 36.7 Å². The van der Waals surface area contributed by atoms with Gasteiger partial charge in [-0.05, 0) is 43.2 Å². The Bertz CT molecular complexity index is 870. The average Bonchev–Trinajstić information content (AvgIpc) is 2.81. The predicted molar refractivity (Wildman–Crippen MR) is 88.8 cm³/mol. The van der Waals surface area contributed by atoms with Crippen LogP contribution < -0.4 is 5.32 Å². The maximum atomic E-state index is 13.5. The Morgan fingerprint density at radius 3 is 2.83 bits per heavy atom. The lowest BCUT2D eigenvalue weighted by Crippen LogP contribution is -2.12. The number of aryl methyl sites for hydroxylation is 3. The molecule has 3 rings (SSSR count). The minimum Gasteiger partial charge on any atom is -0.331 e. The maximum absolute atomic E-state index is 13.5. The number of hydrogen-bond acceptors (Lipinski definition) is 2. The Balaban J connectivity index is 1.67. The van der Waals surface area contributed by atoms with Gasteiger partial charge >= 0.3 is 0 Å². The second kappa shape index (κ2) is 6.20. The zero-order chi connectivity index (χ0) is 16.4. The predicted octanol–water partition coefficient (Wildman–Crippen LogP) is 3.59. The van der Waals surface area contributed by atoms with Crippen molar-refractivity contribution in [2.45, 2.75) is 19.8 Å². The molecule has 2 aromatic carbocycles. The molecule has 0 aliphatic carbocycles. The van der Waals surface area contributed by atoms with E-state index >= 15 is 0 Å². The van der Waals surface area contributed by atoms with E-state index in [9.17, 15) is 9.18 Å². The van der Waals surface area contributed by atoms with E-state index in [0.717, 1.165) is 16.9 Å². The Morgan fingerprint density at radius 1 is 1.26 bits per heavy atom. The molecule has 0 spiro atoms. The lowest BCUT2D eigenvalue weighted by atomic mass is 10.1. The van der Waals surface area contributed by atoms with Crippen LogP contribution in [0.5, 0.6) is 0 Å². The van der Waals surface area contributed by atoms with E-state index in [0.29, 0.717) is 17.7 Å². The average molecular weight is 311 g/mol. The number of halogens is 1. The number of rotatable bonds is 4. The molecule has 23 heavy (non-hydrogen) atoms. The molecule has 1 heterocycles. The van der Waals surface area contributed by atoms with Crippen molar-refractivity contribution >= 4 is 22.6 Å². The minimum absolute atomic E-state index is 0.139. The van der Waals surface area contributed by atoms with Crippen molar-refractivity contribution < 1.29 is 9.18 Å². The SMILES string of the molecule is Cc1nc2cc(NC(=O)CCc3ccccc3F)ccc2n1C. The van der Waals surface area contributed by atoms with Gasteiger partial charge in [0.15, 0.2) is 0 Å².